The average Bonchev–Trinajstić information content (AvgIpc) is 3.81. The highest BCUT2D eigenvalue weighted by Gasteiger charge is 2.32. The normalized spacial score (nSPS) is 17.3. The van der Waals surface area contributed by atoms with Crippen molar-refractivity contribution < 1.29 is 37.1 Å². The zero-order valence-electron chi connectivity index (χ0n) is 41.9. The highest BCUT2D eigenvalue weighted by Crippen LogP contribution is 2.35. The van der Waals surface area contributed by atoms with E-state index in [1.54, 1.807) is 21.9 Å². The van der Waals surface area contributed by atoms with Gasteiger partial charge in [-0.1, -0.05) is 26.0 Å². The number of hydrogen-bond acceptors (Lipinski definition) is 8. The molecule has 6 heterocycles. The molecule has 0 unspecified atom stereocenters. The summed E-state index contributed by atoms with van der Waals surface area (Å²) in [6.07, 6.45) is 6.16. The maximum atomic E-state index is 13.4. The maximum absolute atomic E-state index is 13.4. The van der Waals surface area contributed by atoms with Crippen LogP contribution in [0, 0.1) is 11.8 Å². The van der Waals surface area contributed by atoms with Crippen LogP contribution in [0.1, 0.15) is 130 Å². The van der Waals surface area contributed by atoms with E-state index >= 15 is 0 Å². The van der Waals surface area contributed by atoms with E-state index in [0.717, 1.165) is 114 Å². The number of rotatable bonds is 5. The van der Waals surface area contributed by atoms with Gasteiger partial charge in [0, 0.05) is 120 Å². The molecule has 4 aliphatic rings. The summed E-state index contributed by atoms with van der Waals surface area (Å²) < 4.78 is 37.3. The molecule has 0 atom stereocenters. The molecule has 14 nitrogen and oxygen atoms in total. The number of likely N-dealkylation sites (tertiary alicyclic amines) is 2. The molecule has 4 amide bonds. The van der Waals surface area contributed by atoms with Gasteiger partial charge < -0.3 is 38.6 Å². The largest absolute Gasteiger partial charge is 0.444 e. The standard InChI is InChI=1S/C31H39N3O5S.C23H31N3O3/c1-21-12-15-32(16-13-21)29(35)23-8-11-27-25(18-23)26-20-33(30(36)39-31(2,3)4)17-14-28(26)34(27)19-22-6-9-24(10-7-22)40(5,37)38;1-15-7-10-25(11-8-15)21(27)16-5-6-19-17(13-16)18-14-26(12-9-20(18)24-19)22(28)29-23(2,3)4/h6-11,18,21H,12-17,19-20H2,1-5H3;5-6,13,15,24H,7-12,14H2,1-4H3. The first-order valence-corrected chi connectivity index (χ1v) is 26.5. The van der Waals surface area contributed by atoms with Gasteiger partial charge in [0.2, 0.25) is 0 Å². The van der Waals surface area contributed by atoms with Gasteiger partial charge in [0.25, 0.3) is 11.8 Å². The van der Waals surface area contributed by atoms with E-state index < -0.39 is 21.0 Å². The van der Waals surface area contributed by atoms with Gasteiger partial charge in [-0.3, -0.25) is 9.59 Å². The van der Waals surface area contributed by atoms with Crippen molar-refractivity contribution in [1.29, 1.82) is 0 Å². The summed E-state index contributed by atoms with van der Waals surface area (Å²) in [5.41, 5.74) is 7.67. The van der Waals surface area contributed by atoms with Gasteiger partial charge in [0.05, 0.1) is 18.0 Å². The van der Waals surface area contributed by atoms with Crippen LogP contribution in [0.2, 0.25) is 0 Å². The van der Waals surface area contributed by atoms with Gasteiger partial charge in [-0.2, -0.15) is 0 Å². The third kappa shape index (κ3) is 11.5. The molecule has 0 aliphatic carbocycles. The highest BCUT2D eigenvalue weighted by molar-refractivity contribution is 7.90. The van der Waals surface area contributed by atoms with E-state index in [1.807, 2.05) is 99.9 Å². The Balaban J connectivity index is 0.000000196. The Hall–Kier alpha value is -5.83. The molecular formula is C54H70N6O8S. The van der Waals surface area contributed by atoms with Crippen molar-refractivity contribution in [3.05, 3.63) is 99.9 Å². The van der Waals surface area contributed by atoms with Gasteiger partial charge in [0.15, 0.2) is 9.84 Å². The number of nitrogens with zero attached hydrogens (tertiary/aromatic N) is 5. The van der Waals surface area contributed by atoms with Crippen LogP contribution < -0.4 is 0 Å². The minimum atomic E-state index is -3.28. The van der Waals surface area contributed by atoms with Crippen molar-refractivity contribution in [2.75, 3.05) is 45.5 Å². The molecule has 0 saturated carbocycles. The fourth-order valence-electron chi connectivity index (χ4n) is 9.89. The molecule has 4 aliphatic heterocycles. The number of piperidine rings is 2. The van der Waals surface area contributed by atoms with Gasteiger partial charge in [-0.25, -0.2) is 18.0 Å². The zero-order valence-corrected chi connectivity index (χ0v) is 42.8. The monoisotopic (exact) mass is 962 g/mol. The minimum absolute atomic E-state index is 0.0477. The second-order valence-electron chi connectivity index (χ2n) is 21.8. The molecule has 15 heteroatoms. The Labute approximate surface area is 407 Å². The number of ether oxygens (including phenoxy) is 2. The number of amides is 4. The summed E-state index contributed by atoms with van der Waals surface area (Å²) in [6.45, 7) is 21.5. The number of carbonyl (C=O) groups is 4. The van der Waals surface area contributed by atoms with E-state index in [4.69, 9.17) is 9.47 Å². The van der Waals surface area contributed by atoms with Gasteiger partial charge in [0.1, 0.15) is 11.2 Å². The van der Waals surface area contributed by atoms with E-state index in [2.05, 4.69) is 23.4 Å². The molecule has 370 valence electrons. The van der Waals surface area contributed by atoms with Crippen molar-refractivity contribution >= 4 is 55.6 Å². The van der Waals surface area contributed by atoms with E-state index in [-0.39, 0.29) is 24.0 Å². The SMILES string of the molecule is CC1CCN(C(=O)c2ccc3[nH]c4c(c3c2)CN(C(=O)OC(C)(C)C)CC4)CC1.CC1CCN(C(=O)c2ccc3c(c2)c2c(n3Cc3ccc(S(C)(=O)=O)cc3)CCN(C(=O)OC(C)(C)C)C2)CC1. The summed E-state index contributed by atoms with van der Waals surface area (Å²) in [5, 5.41) is 2.00. The predicted octanol–water partition coefficient (Wildman–Crippen LogP) is 9.59. The molecule has 2 aromatic heterocycles. The molecule has 0 bridgehead atoms. The van der Waals surface area contributed by atoms with Crippen molar-refractivity contribution in [2.45, 2.75) is 130 Å². The number of aromatic amines is 1. The summed E-state index contributed by atoms with van der Waals surface area (Å²) in [5.74, 6) is 1.48. The first kappa shape index (κ1) is 49.6. The molecule has 5 aromatic rings. The fourth-order valence-corrected chi connectivity index (χ4v) is 10.5. The third-order valence-corrected chi connectivity index (χ3v) is 15.0. The molecule has 0 radical (unpaired) electrons. The Kier molecular flexibility index (Phi) is 14.0. The summed E-state index contributed by atoms with van der Waals surface area (Å²) in [6, 6.07) is 18.8. The van der Waals surface area contributed by atoms with Crippen molar-refractivity contribution in [3.63, 3.8) is 0 Å². The van der Waals surface area contributed by atoms with Crippen LogP contribution in [0.3, 0.4) is 0 Å². The number of carbonyl (C=O) groups excluding carboxylic acids is 4. The minimum Gasteiger partial charge on any atom is -0.444 e. The quantitative estimate of drug-likeness (QED) is 0.183. The molecule has 9 rings (SSSR count). The predicted molar refractivity (Wildman–Crippen MR) is 268 cm³/mol. The maximum Gasteiger partial charge on any atom is 0.410 e. The number of H-pyrrole nitrogens is 1. The lowest BCUT2D eigenvalue weighted by Crippen LogP contribution is -2.40. The summed E-state index contributed by atoms with van der Waals surface area (Å²) >= 11 is 0. The van der Waals surface area contributed by atoms with Crippen LogP contribution in [0.15, 0.2) is 65.6 Å². The number of fused-ring (bicyclic) bond motifs is 6. The van der Waals surface area contributed by atoms with Crippen LogP contribution in [0.25, 0.3) is 21.8 Å². The molecular weight excluding hydrogens is 893 g/mol. The number of aromatic nitrogens is 2. The lowest BCUT2D eigenvalue weighted by molar-refractivity contribution is 0.0213. The number of nitrogens with one attached hydrogen (secondary N) is 1. The summed E-state index contributed by atoms with van der Waals surface area (Å²) in [4.78, 5) is 63.1. The van der Waals surface area contributed by atoms with Crippen LogP contribution >= 0.6 is 0 Å². The second kappa shape index (κ2) is 19.5. The second-order valence-corrected chi connectivity index (χ2v) is 23.8. The van der Waals surface area contributed by atoms with Gasteiger partial charge in [-0.05, 0) is 133 Å². The molecule has 2 saturated heterocycles. The van der Waals surface area contributed by atoms with E-state index in [1.165, 1.54) is 6.26 Å². The molecule has 69 heavy (non-hydrogen) atoms. The number of sulfone groups is 1. The Morgan fingerprint density at radius 3 is 1.64 bits per heavy atom. The van der Waals surface area contributed by atoms with Crippen molar-refractivity contribution in [3.8, 4) is 0 Å². The zero-order chi connectivity index (χ0) is 49.6. The van der Waals surface area contributed by atoms with Crippen LogP contribution in [0.4, 0.5) is 9.59 Å². The number of hydrogen-bond donors (Lipinski definition) is 1. The van der Waals surface area contributed by atoms with Gasteiger partial charge >= 0.3 is 12.2 Å². The van der Waals surface area contributed by atoms with Gasteiger partial charge in [-0.15, -0.1) is 0 Å². The first-order valence-electron chi connectivity index (χ1n) is 24.6. The average molecular weight is 963 g/mol. The molecule has 1 N–H and O–H groups in total. The van der Waals surface area contributed by atoms with Crippen LogP contribution in [-0.2, 0) is 51.8 Å². The molecule has 2 fully saturated rings. The third-order valence-electron chi connectivity index (χ3n) is 13.9. The topological polar surface area (TPSA) is 155 Å². The van der Waals surface area contributed by atoms with E-state index in [0.29, 0.717) is 61.4 Å². The van der Waals surface area contributed by atoms with Crippen LogP contribution in [0.5, 0.6) is 0 Å². The van der Waals surface area contributed by atoms with Crippen LogP contribution in [-0.4, -0.2) is 118 Å². The summed E-state index contributed by atoms with van der Waals surface area (Å²) in [7, 11) is -3.28. The Morgan fingerprint density at radius 2 is 1.12 bits per heavy atom. The smallest absolute Gasteiger partial charge is 0.410 e. The molecule has 3 aromatic carbocycles. The number of benzene rings is 3. The first-order chi connectivity index (χ1) is 32.5. The lowest BCUT2D eigenvalue weighted by Gasteiger charge is -2.31. The van der Waals surface area contributed by atoms with Crippen molar-refractivity contribution in [1.82, 2.24) is 29.2 Å². The Bertz CT molecular complexity index is 2850. The highest BCUT2D eigenvalue weighted by atomic mass is 32.2. The molecule has 0 spiro atoms. The fraction of sp³-hybridized carbons (Fsp3) is 0.519. The van der Waals surface area contributed by atoms with Crippen molar-refractivity contribution in [2.24, 2.45) is 11.8 Å². The lowest BCUT2D eigenvalue weighted by atomic mass is 9.98. The van der Waals surface area contributed by atoms with E-state index in [9.17, 15) is 27.6 Å². The Morgan fingerprint density at radius 1 is 0.623 bits per heavy atom.